The fraction of sp³-hybridized carbons (Fsp3) is 0. The van der Waals surface area contributed by atoms with Gasteiger partial charge in [-0.25, -0.2) is 0 Å². The van der Waals surface area contributed by atoms with E-state index in [0.29, 0.717) is 26.7 Å². The minimum Gasteiger partial charge on any atom is -0.422 e. The molecular weight excluding hydrogens is 356 g/mol. The summed E-state index contributed by atoms with van der Waals surface area (Å²) in [6.45, 7) is 0. The Morgan fingerprint density at radius 2 is 1.96 bits per heavy atom. The van der Waals surface area contributed by atoms with Gasteiger partial charge in [-0.2, -0.15) is 9.98 Å². The minimum atomic E-state index is -0.489. The highest BCUT2D eigenvalue weighted by atomic mass is 32.2. The molecule has 128 valence electrons. The van der Waals surface area contributed by atoms with Crippen LogP contribution in [0.15, 0.2) is 62.8 Å². The molecule has 0 saturated carbocycles. The standard InChI is InChI=1S/C17H10N4O4S/c22-15-14(9-10-5-1-3-7-12(10)21(23)24)26-17(19-15)20-16-18-11-6-2-4-8-13(11)25-16/h1-9H,(H,18,19,20,22)/b14-9+. The maximum atomic E-state index is 12.1. The number of nitrogens with zero attached hydrogens (tertiary/aromatic N) is 3. The number of benzene rings is 2. The van der Waals surface area contributed by atoms with E-state index < -0.39 is 4.92 Å². The second-order valence-electron chi connectivity index (χ2n) is 5.26. The third-order valence-electron chi connectivity index (χ3n) is 3.55. The first-order valence-corrected chi connectivity index (χ1v) is 8.30. The highest BCUT2D eigenvalue weighted by molar-refractivity contribution is 8.18. The molecule has 1 aliphatic rings. The van der Waals surface area contributed by atoms with E-state index in [1.807, 2.05) is 12.1 Å². The number of nitrogens with one attached hydrogen (secondary N) is 1. The van der Waals surface area contributed by atoms with Crippen LogP contribution >= 0.6 is 11.8 Å². The number of nitro groups is 1. The van der Waals surface area contributed by atoms with Crippen molar-refractivity contribution in [3.05, 3.63) is 69.1 Å². The van der Waals surface area contributed by atoms with Crippen molar-refractivity contribution in [1.82, 2.24) is 10.3 Å². The average Bonchev–Trinajstić information content (AvgIpc) is 3.18. The summed E-state index contributed by atoms with van der Waals surface area (Å²) in [5.41, 5.74) is 1.53. The zero-order valence-corrected chi connectivity index (χ0v) is 13.9. The Morgan fingerprint density at radius 1 is 1.19 bits per heavy atom. The van der Waals surface area contributed by atoms with Gasteiger partial charge in [-0.05, 0) is 36.0 Å². The van der Waals surface area contributed by atoms with E-state index in [9.17, 15) is 14.9 Å². The topological polar surface area (TPSA) is 111 Å². The van der Waals surface area contributed by atoms with Gasteiger partial charge >= 0.3 is 6.01 Å². The molecule has 3 aromatic rings. The van der Waals surface area contributed by atoms with Crippen LogP contribution in [0.2, 0.25) is 0 Å². The van der Waals surface area contributed by atoms with Gasteiger partial charge in [-0.15, -0.1) is 0 Å². The SMILES string of the molecule is O=C1N/C(=N\c2nc3ccccc3o2)S/C1=C/c1ccccc1[N+](=O)[O-]. The molecule has 0 unspecified atom stereocenters. The van der Waals surface area contributed by atoms with Crippen LogP contribution in [0.25, 0.3) is 17.2 Å². The number of aromatic nitrogens is 1. The number of hydrogen-bond donors (Lipinski definition) is 1. The Bertz CT molecular complexity index is 1070. The van der Waals surface area contributed by atoms with Gasteiger partial charge in [0, 0.05) is 6.07 Å². The summed E-state index contributed by atoms with van der Waals surface area (Å²) in [5.74, 6) is -0.386. The molecule has 1 aliphatic heterocycles. The molecule has 0 atom stereocenters. The zero-order valence-electron chi connectivity index (χ0n) is 13.1. The molecule has 1 saturated heterocycles. The van der Waals surface area contributed by atoms with Crippen molar-refractivity contribution in [2.24, 2.45) is 4.99 Å². The quantitative estimate of drug-likeness (QED) is 0.430. The molecule has 0 bridgehead atoms. The van der Waals surface area contributed by atoms with Crippen LogP contribution in [-0.4, -0.2) is 21.0 Å². The summed E-state index contributed by atoms with van der Waals surface area (Å²) in [5, 5.41) is 14.0. The number of nitro benzene ring substituents is 1. The number of amidine groups is 1. The Morgan fingerprint density at radius 3 is 2.77 bits per heavy atom. The second kappa shape index (κ2) is 6.45. The average molecular weight is 366 g/mol. The largest absolute Gasteiger partial charge is 0.422 e. The lowest BCUT2D eigenvalue weighted by molar-refractivity contribution is -0.385. The molecule has 1 fully saturated rings. The van der Waals surface area contributed by atoms with Gasteiger partial charge in [0.25, 0.3) is 11.6 Å². The van der Waals surface area contributed by atoms with E-state index in [0.717, 1.165) is 11.8 Å². The Balaban J connectivity index is 1.64. The smallest absolute Gasteiger partial charge is 0.325 e. The maximum absolute atomic E-state index is 12.1. The number of carbonyl (C=O) groups is 1. The predicted octanol–water partition coefficient (Wildman–Crippen LogP) is 3.63. The first-order chi connectivity index (χ1) is 12.6. The number of thioether (sulfide) groups is 1. The highest BCUT2D eigenvalue weighted by Gasteiger charge is 2.25. The van der Waals surface area contributed by atoms with Crippen molar-refractivity contribution in [2.45, 2.75) is 0 Å². The predicted molar refractivity (Wildman–Crippen MR) is 97.9 cm³/mol. The molecule has 1 N–H and O–H groups in total. The van der Waals surface area contributed by atoms with E-state index in [1.165, 1.54) is 12.1 Å². The number of rotatable bonds is 3. The Labute approximate surface area is 150 Å². The molecule has 2 heterocycles. The summed E-state index contributed by atoms with van der Waals surface area (Å²) in [6, 6.07) is 13.6. The molecule has 8 nitrogen and oxygen atoms in total. The number of amides is 1. The Kier molecular flexibility index (Phi) is 3.98. The lowest BCUT2D eigenvalue weighted by Crippen LogP contribution is -2.19. The lowest BCUT2D eigenvalue weighted by Gasteiger charge is -1.97. The van der Waals surface area contributed by atoms with Crippen LogP contribution in [0, 0.1) is 10.1 Å². The van der Waals surface area contributed by atoms with Gasteiger partial charge in [0.05, 0.1) is 15.4 Å². The fourth-order valence-corrected chi connectivity index (χ4v) is 3.20. The third kappa shape index (κ3) is 3.07. The van der Waals surface area contributed by atoms with Crippen LogP contribution in [0.3, 0.4) is 0 Å². The van der Waals surface area contributed by atoms with Gasteiger partial charge in [0.15, 0.2) is 10.8 Å². The molecule has 1 amide bonds. The Hall–Kier alpha value is -3.46. The fourth-order valence-electron chi connectivity index (χ4n) is 2.39. The van der Waals surface area contributed by atoms with Crippen molar-refractivity contribution in [3.63, 3.8) is 0 Å². The van der Waals surface area contributed by atoms with E-state index in [-0.39, 0.29) is 17.6 Å². The first-order valence-electron chi connectivity index (χ1n) is 7.49. The normalized spacial score (nSPS) is 17.2. The molecule has 9 heteroatoms. The van der Waals surface area contributed by atoms with Crippen molar-refractivity contribution in [3.8, 4) is 0 Å². The minimum absolute atomic E-state index is 0.0715. The molecule has 0 radical (unpaired) electrons. The van der Waals surface area contributed by atoms with E-state index in [2.05, 4.69) is 15.3 Å². The number of aliphatic imine (C=N–C) groups is 1. The molecule has 1 aromatic heterocycles. The number of carbonyl (C=O) groups excluding carboxylic acids is 1. The van der Waals surface area contributed by atoms with Crippen LogP contribution < -0.4 is 5.32 Å². The van der Waals surface area contributed by atoms with E-state index in [4.69, 9.17) is 4.42 Å². The zero-order chi connectivity index (χ0) is 18.1. The maximum Gasteiger partial charge on any atom is 0.325 e. The van der Waals surface area contributed by atoms with E-state index >= 15 is 0 Å². The summed E-state index contributed by atoms with van der Waals surface area (Å²) in [7, 11) is 0. The number of fused-ring (bicyclic) bond motifs is 1. The molecule has 26 heavy (non-hydrogen) atoms. The van der Waals surface area contributed by atoms with Gasteiger partial charge in [-0.3, -0.25) is 14.9 Å². The highest BCUT2D eigenvalue weighted by Crippen LogP contribution is 2.31. The van der Waals surface area contributed by atoms with Crippen molar-refractivity contribution >= 4 is 51.7 Å². The molecular formula is C17H10N4O4S. The van der Waals surface area contributed by atoms with Crippen LogP contribution in [0.4, 0.5) is 11.7 Å². The van der Waals surface area contributed by atoms with Crippen molar-refractivity contribution < 1.29 is 14.1 Å². The van der Waals surface area contributed by atoms with E-state index in [1.54, 1.807) is 30.3 Å². The first kappa shape index (κ1) is 16.0. The van der Waals surface area contributed by atoms with Crippen molar-refractivity contribution in [1.29, 1.82) is 0 Å². The van der Waals surface area contributed by atoms with Gasteiger partial charge in [0.2, 0.25) is 0 Å². The summed E-state index contributed by atoms with van der Waals surface area (Å²) in [6.07, 6.45) is 1.46. The number of oxazole rings is 1. The molecule has 0 spiro atoms. The number of para-hydroxylation sites is 3. The van der Waals surface area contributed by atoms with Crippen LogP contribution in [0.1, 0.15) is 5.56 Å². The third-order valence-corrected chi connectivity index (χ3v) is 4.46. The van der Waals surface area contributed by atoms with Gasteiger partial charge in [0.1, 0.15) is 5.52 Å². The second-order valence-corrected chi connectivity index (χ2v) is 6.29. The van der Waals surface area contributed by atoms with Crippen LogP contribution in [-0.2, 0) is 4.79 Å². The monoisotopic (exact) mass is 366 g/mol. The molecule has 2 aromatic carbocycles. The lowest BCUT2D eigenvalue weighted by atomic mass is 10.1. The van der Waals surface area contributed by atoms with Gasteiger partial charge in [-0.1, -0.05) is 24.3 Å². The van der Waals surface area contributed by atoms with Gasteiger partial charge < -0.3 is 9.73 Å². The summed E-state index contributed by atoms with van der Waals surface area (Å²) in [4.78, 5) is 31.4. The van der Waals surface area contributed by atoms with Crippen molar-refractivity contribution in [2.75, 3.05) is 0 Å². The van der Waals surface area contributed by atoms with Crippen LogP contribution in [0.5, 0.6) is 0 Å². The molecule has 4 rings (SSSR count). The molecule has 0 aliphatic carbocycles. The summed E-state index contributed by atoms with van der Waals surface area (Å²) < 4.78 is 5.50. The summed E-state index contributed by atoms with van der Waals surface area (Å²) >= 11 is 1.07. The number of hydrogen-bond acceptors (Lipinski definition) is 7.